The van der Waals surface area contributed by atoms with Gasteiger partial charge in [-0.15, -0.1) is 0 Å². The number of hydrogen-bond acceptors (Lipinski definition) is 4. The number of phenolic OH excluding ortho intramolecular Hbond substituents is 1. The number of benzene rings is 1. The largest absolute Gasteiger partial charge is 0.508 e. The maximum absolute atomic E-state index is 12.2. The molecule has 1 fully saturated rings. The lowest BCUT2D eigenvalue weighted by molar-refractivity contribution is 0.0537. The summed E-state index contributed by atoms with van der Waals surface area (Å²) in [5, 5.41) is 9.16. The second-order valence-electron chi connectivity index (χ2n) is 4.77. The molecule has 1 aromatic carbocycles. The van der Waals surface area contributed by atoms with Crippen molar-refractivity contribution < 1.29 is 18.3 Å². The van der Waals surface area contributed by atoms with Gasteiger partial charge in [0.2, 0.25) is 10.0 Å². The minimum atomic E-state index is -3.55. The Morgan fingerprint density at radius 3 is 2.33 bits per heavy atom. The van der Waals surface area contributed by atoms with E-state index in [-0.39, 0.29) is 10.6 Å². The van der Waals surface area contributed by atoms with Gasteiger partial charge in [0, 0.05) is 18.8 Å². The smallest absolute Gasteiger partial charge is 0.241 e. The number of rotatable bonds is 3. The molecule has 5 nitrogen and oxygen atoms in total. The highest BCUT2D eigenvalue weighted by molar-refractivity contribution is 7.89. The van der Waals surface area contributed by atoms with Crippen molar-refractivity contribution in [3.63, 3.8) is 0 Å². The Balaban J connectivity index is 2.18. The molecule has 100 valence electrons. The van der Waals surface area contributed by atoms with E-state index in [2.05, 4.69) is 4.72 Å². The third-order valence-corrected chi connectivity index (χ3v) is 4.78. The van der Waals surface area contributed by atoms with Crippen LogP contribution in [0.2, 0.25) is 0 Å². The molecule has 1 aliphatic rings. The van der Waals surface area contributed by atoms with Crippen molar-refractivity contribution in [1.82, 2.24) is 4.72 Å². The highest BCUT2D eigenvalue weighted by Crippen LogP contribution is 2.23. The number of sulfonamides is 1. The third kappa shape index (κ3) is 3.01. The fraction of sp³-hybridized carbons (Fsp3) is 0.500. The molecule has 6 heteroatoms. The number of nitrogens with one attached hydrogen (secondary N) is 1. The average molecular weight is 271 g/mol. The van der Waals surface area contributed by atoms with Crippen LogP contribution < -0.4 is 4.72 Å². The monoisotopic (exact) mass is 271 g/mol. The van der Waals surface area contributed by atoms with Crippen molar-refractivity contribution in [2.45, 2.75) is 30.2 Å². The zero-order chi connectivity index (χ0) is 13.2. The van der Waals surface area contributed by atoms with Gasteiger partial charge in [-0.1, -0.05) is 0 Å². The highest BCUT2D eigenvalue weighted by atomic mass is 32.2. The minimum absolute atomic E-state index is 0.0474. The van der Waals surface area contributed by atoms with Crippen LogP contribution in [0, 0.1) is 0 Å². The van der Waals surface area contributed by atoms with Crippen LogP contribution in [0.25, 0.3) is 0 Å². The van der Waals surface area contributed by atoms with Crippen molar-refractivity contribution >= 4 is 10.0 Å². The predicted molar refractivity (Wildman–Crippen MR) is 66.9 cm³/mol. The van der Waals surface area contributed by atoms with Crippen LogP contribution in [-0.4, -0.2) is 32.3 Å². The Kier molecular flexibility index (Phi) is 3.61. The molecular formula is C12H17NO4S. The molecule has 2 rings (SSSR count). The molecule has 1 aliphatic heterocycles. The van der Waals surface area contributed by atoms with Gasteiger partial charge < -0.3 is 9.84 Å². The quantitative estimate of drug-likeness (QED) is 0.867. The molecule has 0 bridgehead atoms. The van der Waals surface area contributed by atoms with Crippen molar-refractivity contribution in [3.8, 4) is 5.75 Å². The SMILES string of the molecule is CC1(NS(=O)(=O)c2ccc(O)cc2)CCOCC1. The van der Waals surface area contributed by atoms with Gasteiger partial charge in [-0.2, -0.15) is 0 Å². The van der Waals surface area contributed by atoms with Gasteiger partial charge in [0.1, 0.15) is 5.75 Å². The number of ether oxygens (including phenoxy) is 1. The lowest BCUT2D eigenvalue weighted by Gasteiger charge is -2.33. The number of hydrogen-bond donors (Lipinski definition) is 2. The molecule has 2 N–H and O–H groups in total. The summed E-state index contributed by atoms with van der Waals surface area (Å²) in [6, 6.07) is 5.50. The van der Waals surface area contributed by atoms with Gasteiger partial charge in [0.15, 0.2) is 0 Å². The molecule has 0 atom stereocenters. The van der Waals surface area contributed by atoms with E-state index in [1.807, 2.05) is 6.92 Å². The minimum Gasteiger partial charge on any atom is -0.508 e. The zero-order valence-corrected chi connectivity index (χ0v) is 11.0. The first-order valence-electron chi connectivity index (χ1n) is 5.82. The Labute approximate surface area is 107 Å². The Morgan fingerprint density at radius 1 is 1.22 bits per heavy atom. The third-order valence-electron chi connectivity index (χ3n) is 3.12. The summed E-state index contributed by atoms with van der Waals surface area (Å²) in [5.41, 5.74) is -0.463. The van der Waals surface area contributed by atoms with Crippen LogP contribution in [0.3, 0.4) is 0 Å². The van der Waals surface area contributed by atoms with Crippen molar-refractivity contribution in [1.29, 1.82) is 0 Å². The van der Waals surface area contributed by atoms with Gasteiger partial charge in [0.25, 0.3) is 0 Å². The molecule has 1 aromatic rings. The summed E-state index contributed by atoms with van der Waals surface area (Å²) in [6.45, 7) is 3.01. The van der Waals surface area contributed by atoms with E-state index in [0.717, 1.165) is 0 Å². The summed E-state index contributed by atoms with van der Waals surface area (Å²) in [5.74, 6) is 0.0474. The molecule has 0 aliphatic carbocycles. The van der Waals surface area contributed by atoms with E-state index in [1.54, 1.807) is 0 Å². The van der Waals surface area contributed by atoms with Crippen LogP contribution in [0.15, 0.2) is 29.2 Å². The first-order valence-corrected chi connectivity index (χ1v) is 7.30. The predicted octanol–water partition coefficient (Wildman–Crippen LogP) is 1.24. The molecule has 1 saturated heterocycles. The zero-order valence-electron chi connectivity index (χ0n) is 10.2. The van der Waals surface area contributed by atoms with Crippen LogP contribution in [0.4, 0.5) is 0 Å². The molecule has 0 radical (unpaired) electrons. The van der Waals surface area contributed by atoms with E-state index in [1.165, 1.54) is 24.3 Å². The molecule has 0 amide bonds. The maximum atomic E-state index is 12.2. The van der Waals surface area contributed by atoms with E-state index >= 15 is 0 Å². The molecule has 0 unspecified atom stereocenters. The van der Waals surface area contributed by atoms with Crippen molar-refractivity contribution in [2.24, 2.45) is 0 Å². The first-order chi connectivity index (χ1) is 8.41. The lowest BCUT2D eigenvalue weighted by Crippen LogP contribution is -2.49. The van der Waals surface area contributed by atoms with Gasteiger partial charge in [-0.25, -0.2) is 13.1 Å². The molecule has 0 spiro atoms. The first kappa shape index (κ1) is 13.3. The molecule has 18 heavy (non-hydrogen) atoms. The van der Waals surface area contributed by atoms with Gasteiger partial charge in [-0.3, -0.25) is 0 Å². The number of aromatic hydroxyl groups is 1. The van der Waals surface area contributed by atoms with E-state index in [4.69, 9.17) is 9.84 Å². The maximum Gasteiger partial charge on any atom is 0.241 e. The highest BCUT2D eigenvalue weighted by Gasteiger charge is 2.32. The van der Waals surface area contributed by atoms with Gasteiger partial charge >= 0.3 is 0 Å². The van der Waals surface area contributed by atoms with E-state index in [0.29, 0.717) is 26.1 Å². The Hall–Kier alpha value is -1.11. The van der Waals surface area contributed by atoms with Crippen molar-refractivity contribution in [2.75, 3.05) is 13.2 Å². The second kappa shape index (κ2) is 4.87. The van der Waals surface area contributed by atoms with Crippen molar-refractivity contribution in [3.05, 3.63) is 24.3 Å². The van der Waals surface area contributed by atoms with Gasteiger partial charge in [0.05, 0.1) is 4.90 Å². The van der Waals surface area contributed by atoms with Crippen LogP contribution in [0.1, 0.15) is 19.8 Å². The summed E-state index contributed by atoms with van der Waals surface area (Å²) in [6.07, 6.45) is 1.31. The van der Waals surface area contributed by atoms with E-state index < -0.39 is 15.6 Å². The average Bonchev–Trinajstić information content (AvgIpc) is 2.29. The van der Waals surface area contributed by atoms with Crippen LogP contribution in [0.5, 0.6) is 5.75 Å². The fourth-order valence-corrected chi connectivity index (χ4v) is 3.40. The lowest BCUT2D eigenvalue weighted by atomic mass is 9.94. The molecule has 1 heterocycles. The van der Waals surface area contributed by atoms with E-state index in [9.17, 15) is 8.42 Å². The summed E-state index contributed by atoms with van der Waals surface area (Å²) >= 11 is 0. The molecule has 0 saturated carbocycles. The van der Waals surface area contributed by atoms with Crippen LogP contribution in [-0.2, 0) is 14.8 Å². The normalized spacial score (nSPS) is 19.6. The summed E-state index contributed by atoms with van der Waals surface area (Å²) < 4.78 is 32.3. The molecular weight excluding hydrogens is 254 g/mol. The Bertz CT molecular complexity index is 503. The summed E-state index contributed by atoms with van der Waals surface area (Å²) in [4.78, 5) is 0.160. The molecule has 0 aromatic heterocycles. The topological polar surface area (TPSA) is 75.6 Å². The standard InChI is InChI=1S/C12H17NO4S/c1-12(6-8-17-9-7-12)13-18(15,16)11-4-2-10(14)3-5-11/h2-5,13-14H,6-9H2,1H3. The Morgan fingerprint density at radius 2 is 1.78 bits per heavy atom. The number of phenols is 1. The van der Waals surface area contributed by atoms with Crippen LogP contribution >= 0.6 is 0 Å². The van der Waals surface area contributed by atoms with Gasteiger partial charge in [-0.05, 0) is 44.0 Å². The second-order valence-corrected chi connectivity index (χ2v) is 6.45. The summed E-state index contributed by atoms with van der Waals surface area (Å²) in [7, 11) is -3.55. The fourth-order valence-electron chi connectivity index (χ4n) is 1.93.